The molecule has 2 rings (SSSR count). The van der Waals surface area contributed by atoms with Gasteiger partial charge in [-0.25, -0.2) is 9.97 Å². The maximum absolute atomic E-state index is 13.0. The molecule has 22 heavy (non-hydrogen) atoms. The second-order valence-electron chi connectivity index (χ2n) is 4.89. The number of rotatable bonds is 5. The van der Waals surface area contributed by atoms with Gasteiger partial charge < -0.3 is 11.1 Å². The number of benzene rings is 1. The van der Waals surface area contributed by atoms with Gasteiger partial charge in [-0.05, 0) is 26.0 Å². The van der Waals surface area contributed by atoms with Crippen molar-refractivity contribution < 1.29 is 13.2 Å². The summed E-state index contributed by atoms with van der Waals surface area (Å²) in [4.78, 5) is 7.69. The second kappa shape index (κ2) is 6.74. The van der Waals surface area contributed by atoms with Crippen molar-refractivity contribution >= 4 is 5.95 Å². The van der Waals surface area contributed by atoms with E-state index in [2.05, 4.69) is 15.3 Å². The van der Waals surface area contributed by atoms with Crippen molar-refractivity contribution in [3.8, 4) is 11.3 Å². The molecule has 4 nitrogen and oxygen atoms in total. The highest BCUT2D eigenvalue weighted by Crippen LogP contribution is 2.31. The molecule has 0 spiro atoms. The fraction of sp³-hybridized carbons (Fsp3) is 0.333. The lowest BCUT2D eigenvalue weighted by Gasteiger charge is -2.11. The van der Waals surface area contributed by atoms with Crippen molar-refractivity contribution in [1.82, 2.24) is 9.97 Å². The average molecular weight is 310 g/mol. The van der Waals surface area contributed by atoms with Crippen LogP contribution in [0, 0.1) is 6.92 Å². The number of nitrogens with one attached hydrogen (secondary N) is 1. The van der Waals surface area contributed by atoms with Crippen LogP contribution in [-0.4, -0.2) is 23.1 Å². The lowest BCUT2D eigenvalue weighted by Crippen LogP contribution is -2.14. The van der Waals surface area contributed by atoms with E-state index in [0.29, 0.717) is 25.1 Å². The molecule has 1 heterocycles. The topological polar surface area (TPSA) is 63.8 Å². The largest absolute Gasteiger partial charge is 0.433 e. The number of nitrogens with two attached hydrogens (primary N) is 1. The first kappa shape index (κ1) is 16.2. The third kappa shape index (κ3) is 4.17. The Morgan fingerprint density at radius 1 is 1.14 bits per heavy atom. The predicted molar refractivity (Wildman–Crippen MR) is 79.4 cm³/mol. The molecule has 0 amide bonds. The van der Waals surface area contributed by atoms with E-state index in [1.165, 1.54) is 0 Å². The van der Waals surface area contributed by atoms with E-state index in [0.717, 1.165) is 11.6 Å². The quantitative estimate of drug-likeness (QED) is 0.832. The molecule has 0 atom stereocenters. The van der Waals surface area contributed by atoms with E-state index >= 15 is 0 Å². The van der Waals surface area contributed by atoms with Crippen LogP contribution in [0.5, 0.6) is 0 Å². The minimum absolute atomic E-state index is 0.0427. The van der Waals surface area contributed by atoms with Gasteiger partial charge in [0.2, 0.25) is 5.95 Å². The van der Waals surface area contributed by atoms with Gasteiger partial charge in [0.25, 0.3) is 0 Å². The second-order valence-corrected chi connectivity index (χ2v) is 4.89. The molecule has 1 aromatic heterocycles. The predicted octanol–water partition coefficient (Wildman–Crippen LogP) is 3.23. The number of anilines is 1. The molecule has 0 aliphatic carbocycles. The minimum Gasteiger partial charge on any atom is -0.354 e. The summed E-state index contributed by atoms with van der Waals surface area (Å²) in [7, 11) is 0. The third-order valence-electron chi connectivity index (χ3n) is 3.03. The Labute approximate surface area is 126 Å². The van der Waals surface area contributed by atoms with Gasteiger partial charge in [0.1, 0.15) is 0 Å². The van der Waals surface area contributed by atoms with E-state index in [-0.39, 0.29) is 11.6 Å². The SMILES string of the molecule is Cc1ccc(-c2cc(C(F)(F)F)nc(NCCCN)n2)cc1. The summed E-state index contributed by atoms with van der Waals surface area (Å²) in [6, 6.07) is 8.08. The first-order valence-electron chi connectivity index (χ1n) is 6.87. The molecular weight excluding hydrogens is 293 g/mol. The molecule has 0 fully saturated rings. The zero-order valence-electron chi connectivity index (χ0n) is 12.1. The molecule has 3 N–H and O–H groups in total. The van der Waals surface area contributed by atoms with Gasteiger partial charge in [-0.3, -0.25) is 0 Å². The molecule has 0 bridgehead atoms. The summed E-state index contributed by atoms with van der Waals surface area (Å²) >= 11 is 0. The van der Waals surface area contributed by atoms with Gasteiger partial charge in [-0.1, -0.05) is 29.8 Å². The molecule has 0 saturated heterocycles. The zero-order valence-corrected chi connectivity index (χ0v) is 12.1. The summed E-state index contributed by atoms with van der Waals surface area (Å²) < 4.78 is 38.9. The number of aromatic nitrogens is 2. The molecular formula is C15H17F3N4. The maximum atomic E-state index is 13.0. The van der Waals surface area contributed by atoms with Crippen LogP contribution in [0.15, 0.2) is 30.3 Å². The van der Waals surface area contributed by atoms with Crippen LogP contribution in [0.3, 0.4) is 0 Å². The van der Waals surface area contributed by atoms with Gasteiger partial charge in [0, 0.05) is 12.1 Å². The number of alkyl halides is 3. The zero-order chi connectivity index (χ0) is 16.2. The highest BCUT2D eigenvalue weighted by atomic mass is 19.4. The number of hydrogen-bond donors (Lipinski definition) is 2. The highest BCUT2D eigenvalue weighted by molar-refractivity contribution is 5.61. The van der Waals surface area contributed by atoms with Crippen LogP contribution >= 0.6 is 0 Å². The maximum Gasteiger partial charge on any atom is 0.433 e. The standard InChI is InChI=1S/C15H17F3N4/c1-10-3-5-11(6-4-10)12-9-13(15(16,17)18)22-14(21-12)20-8-2-7-19/h3-6,9H,2,7-8,19H2,1H3,(H,20,21,22). The Balaban J connectivity index is 2.39. The van der Waals surface area contributed by atoms with Crippen LogP contribution in [0.4, 0.5) is 19.1 Å². The van der Waals surface area contributed by atoms with Crippen molar-refractivity contribution in [2.24, 2.45) is 5.73 Å². The first-order valence-corrected chi connectivity index (χ1v) is 6.87. The summed E-state index contributed by atoms with van der Waals surface area (Å²) in [5.41, 5.74) is 6.27. The van der Waals surface area contributed by atoms with E-state index in [1.54, 1.807) is 12.1 Å². The number of aryl methyl sites for hydroxylation is 1. The monoisotopic (exact) mass is 310 g/mol. The average Bonchev–Trinajstić information content (AvgIpc) is 2.47. The Morgan fingerprint density at radius 2 is 1.82 bits per heavy atom. The smallest absolute Gasteiger partial charge is 0.354 e. The Morgan fingerprint density at radius 3 is 2.41 bits per heavy atom. The number of halogens is 3. The van der Waals surface area contributed by atoms with Gasteiger partial charge >= 0.3 is 6.18 Å². The molecule has 0 unspecified atom stereocenters. The summed E-state index contributed by atoms with van der Waals surface area (Å²) in [6.07, 6.45) is -3.90. The molecule has 0 saturated carbocycles. The molecule has 0 radical (unpaired) electrons. The molecule has 1 aromatic carbocycles. The summed E-state index contributed by atoms with van der Waals surface area (Å²) in [5, 5.41) is 2.78. The van der Waals surface area contributed by atoms with Gasteiger partial charge in [0.15, 0.2) is 5.69 Å². The molecule has 0 aliphatic rings. The lowest BCUT2D eigenvalue weighted by molar-refractivity contribution is -0.141. The van der Waals surface area contributed by atoms with Crippen LogP contribution in [0.1, 0.15) is 17.7 Å². The molecule has 0 aliphatic heterocycles. The fourth-order valence-electron chi connectivity index (χ4n) is 1.85. The highest BCUT2D eigenvalue weighted by Gasteiger charge is 2.33. The van der Waals surface area contributed by atoms with Crippen LogP contribution in [0.2, 0.25) is 0 Å². The Bertz CT molecular complexity index is 624. The van der Waals surface area contributed by atoms with Gasteiger partial charge in [-0.2, -0.15) is 13.2 Å². The minimum atomic E-state index is -4.52. The van der Waals surface area contributed by atoms with Crippen molar-refractivity contribution in [3.63, 3.8) is 0 Å². The molecule has 2 aromatic rings. The fourth-order valence-corrected chi connectivity index (χ4v) is 1.85. The van der Waals surface area contributed by atoms with Crippen LogP contribution < -0.4 is 11.1 Å². The third-order valence-corrected chi connectivity index (χ3v) is 3.03. The van der Waals surface area contributed by atoms with Crippen molar-refractivity contribution in [2.45, 2.75) is 19.5 Å². The van der Waals surface area contributed by atoms with Gasteiger partial charge in [0.05, 0.1) is 5.69 Å². The van der Waals surface area contributed by atoms with E-state index in [1.807, 2.05) is 19.1 Å². The molecule has 7 heteroatoms. The van der Waals surface area contributed by atoms with Crippen molar-refractivity contribution in [2.75, 3.05) is 18.4 Å². The normalized spacial score (nSPS) is 11.5. The number of nitrogens with zero attached hydrogens (tertiary/aromatic N) is 2. The van der Waals surface area contributed by atoms with E-state index in [4.69, 9.17) is 5.73 Å². The summed E-state index contributed by atoms with van der Waals surface area (Å²) in [5.74, 6) is -0.0427. The van der Waals surface area contributed by atoms with Gasteiger partial charge in [-0.15, -0.1) is 0 Å². The number of hydrogen-bond acceptors (Lipinski definition) is 4. The lowest BCUT2D eigenvalue weighted by atomic mass is 10.1. The van der Waals surface area contributed by atoms with Crippen molar-refractivity contribution in [3.05, 3.63) is 41.6 Å². The van der Waals surface area contributed by atoms with Crippen LogP contribution in [0.25, 0.3) is 11.3 Å². The van der Waals surface area contributed by atoms with E-state index in [9.17, 15) is 13.2 Å². The van der Waals surface area contributed by atoms with Crippen molar-refractivity contribution in [1.29, 1.82) is 0 Å². The summed E-state index contributed by atoms with van der Waals surface area (Å²) in [6.45, 7) is 2.77. The van der Waals surface area contributed by atoms with Crippen LogP contribution in [-0.2, 0) is 6.18 Å². The molecule has 118 valence electrons. The Kier molecular flexibility index (Phi) is 4.97. The van der Waals surface area contributed by atoms with E-state index < -0.39 is 11.9 Å². The Hall–Kier alpha value is -2.15. The first-order chi connectivity index (χ1) is 10.4.